The number of nitrogens with one attached hydrogen (secondary N) is 2. The van der Waals surface area contributed by atoms with Gasteiger partial charge in [-0.2, -0.15) is 0 Å². The molecule has 8 heteroatoms. The molecule has 4 rings (SSSR count). The number of rotatable bonds is 5. The van der Waals surface area contributed by atoms with Crippen LogP contribution in [0.3, 0.4) is 0 Å². The van der Waals surface area contributed by atoms with Gasteiger partial charge in [0.05, 0.1) is 34.1 Å². The number of fused-ring (bicyclic) bond motifs is 2. The molecule has 6 nitrogen and oxygen atoms in total. The van der Waals surface area contributed by atoms with E-state index in [1.165, 1.54) is 28.7 Å². The van der Waals surface area contributed by atoms with Gasteiger partial charge in [-0.15, -0.1) is 0 Å². The zero-order valence-corrected chi connectivity index (χ0v) is 15.8. The van der Waals surface area contributed by atoms with Gasteiger partial charge >= 0.3 is 0 Å². The van der Waals surface area contributed by atoms with Crippen molar-refractivity contribution in [2.24, 2.45) is 0 Å². The van der Waals surface area contributed by atoms with Crippen LogP contribution in [0.15, 0.2) is 41.6 Å². The molecule has 0 aliphatic carbocycles. The van der Waals surface area contributed by atoms with E-state index < -0.39 is 0 Å². The number of nitrogens with zero attached hydrogens (tertiary/aromatic N) is 2. The van der Waals surface area contributed by atoms with Crippen LogP contribution in [0.5, 0.6) is 5.75 Å². The number of thiazole rings is 1. The molecular formula is C18H16N4O2S2. The number of aromatic amines is 1. The Bertz CT molecular complexity index is 1100. The predicted molar refractivity (Wildman–Crippen MR) is 106 cm³/mol. The van der Waals surface area contributed by atoms with E-state index in [4.69, 9.17) is 4.74 Å². The smallest absolute Gasteiger partial charge is 0.236 e. The Hall–Kier alpha value is -2.58. The molecule has 0 saturated heterocycles. The summed E-state index contributed by atoms with van der Waals surface area (Å²) >= 11 is 2.83. The van der Waals surface area contributed by atoms with Gasteiger partial charge in [-0.1, -0.05) is 29.2 Å². The first-order valence-corrected chi connectivity index (χ1v) is 9.74. The Balaban J connectivity index is 1.41. The number of imidazole rings is 1. The summed E-state index contributed by atoms with van der Waals surface area (Å²) in [4.78, 5) is 24.3. The molecule has 2 N–H and O–H groups in total. The number of aryl methyl sites for hydroxylation is 1. The van der Waals surface area contributed by atoms with E-state index in [0.717, 1.165) is 27.0 Å². The third-order valence-corrected chi connectivity index (χ3v) is 5.60. The highest BCUT2D eigenvalue weighted by Gasteiger charge is 2.11. The van der Waals surface area contributed by atoms with E-state index in [1.807, 2.05) is 37.3 Å². The minimum absolute atomic E-state index is 0.108. The van der Waals surface area contributed by atoms with Crippen molar-refractivity contribution >= 4 is 55.4 Å². The largest absolute Gasteiger partial charge is 0.497 e. The monoisotopic (exact) mass is 384 g/mol. The lowest BCUT2D eigenvalue weighted by Crippen LogP contribution is -2.13. The molecule has 2 aromatic heterocycles. The summed E-state index contributed by atoms with van der Waals surface area (Å²) in [7, 11) is 1.63. The van der Waals surface area contributed by atoms with Crippen molar-refractivity contribution in [1.29, 1.82) is 0 Å². The molecule has 0 aliphatic heterocycles. The minimum atomic E-state index is -0.108. The number of H-pyrrole nitrogens is 1. The fraction of sp³-hybridized carbons (Fsp3) is 0.167. The van der Waals surface area contributed by atoms with Gasteiger partial charge in [-0.3, -0.25) is 4.79 Å². The summed E-state index contributed by atoms with van der Waals surface area (Å²) in [6.45, 7) is 2.04. The second-order valence-electron chi connectivity index (χ2n) is 5.75. The molecule has 0 saturated carbocycles. The Morgan fingerprint density at radius 2 is 2.08 bits per heavy atom. The highest BCUT2D eigenvalue weighted by atomic mass is 32.2. The quantitative estimate of drug-likeness (QED) is 0.504. The number of benzene rings is 2. The van der Waals surface area contributed by atoms with Crippen LogP contribution in [-0.2, 0) is 4.79 Å². The summed E-state index contributed by atoms with van der Waals surface area (Å²) in [5.74, 6) is 0.914. The first-order chi connectivity index (χ1) is 12.6. The van der Waals surface area contributed by atoms with Gasteiger partial charge in [0, 0.05) is 6.07 Å². The number of aromatic nitrogens is 3. The van der Waals surface area contributed by atoms with E-state index in [1.54, 1.807) is 7.11 Å². The van der Waals surface area contributed by atoms with Crippen molar-refractivity contribution in [2.75, 3.05) is 18.2 Å². The molecule has 4 aromatic rings. The maximum atomic E-state index is 12.2. The van der Waals surface area contributed by atoms with Gasteiger partial charge in [0.15, 0.2) is 10.3 Å². The van der Waals surface area contributed by atoms with Crippen molar-refractivity contribution in [3.63, 3.8) is 0 Å². The number of hydrogen-bond donors (Lipinski definition) is 2. The van der Waals surface area contributed by atoms with Crippen LogP contribution >= 0.6 is 23.1 Å². The van der Waals surface area contributed by atoms with Crippen LogP contribution in [-0.4, -0.2) is 33.7 Å². The molecule has 0 spiro atoms. The van der Waals surface area contributed by atoms with Crippen LogP contribution in [0.2, 0.25) is 0 Å². The van der Waals surface area contributed by atoms with Crippen molar-refractivity contribution in [3.05, 3.63) is 42.0 Å². The van der Waals surface area contributed by atoms with Gasteiger partial charge in [-0.25, -0.2) is 9.97 Å². The first kappa shape index (κ1) is 16.9. The molecule has 0 radical (unpaired) electrons. The normalized spacial score (nSPS) is 11.2. The fourth-order valence-electron chi connectivity index (χ4n) is 2.54. The highest BCUT2D eigenvalue weighted by molar-refractivity contribution is 7.99. The lowest BCUT2D eigenvalue weighted by Gasteiger charge is -1.99. The molecule has 0 unspecified atom stereocenters. The lowest BCUT2D eigenvalue weighted by molar-refractivity contribution is -0.113. The van der Waals surface area contributed by atoms with E-state index in [0.29, 0.717) is 10.3 Å². The van der Waals surface area contributed by atoms with E-state index in [2.05, 4.69) is 26.3 Å². The zero-order chi connectivity index (χ0) is 18.1. The SMILES string of the molecule is COc1ccc2nc(SCC(=O)Nc3nc4ccc(C)cc4s3)[nH]c2c1. The number of anilines is 1. The van der Waals surface area contributed by atoms with Gasteiger partial charge in [-0.05, 0) is 36.8 Å². The fourth-order valence-corrected chi connectivity index (χ4v) is 4.20. The van der Waals surface area contributed by atoms with Crippen LogP contribution in [0.25, 0.3) is 21.3 Å². The molecule has 0 aliphatic rings. The summed E-state index contributed by atoms with van der Waals surface area (Å²) in [5, 5.41) is 4.17. The van der Waals surface area contributed by atoms with E-state index in [-0.39, 0.29) is 11.7 Å². The van der Waals surface area contributed by atoms with Gasteiger partial charge in [0.1, 0.15) is 5.75 Å². The Labute approximate surface area is 158 Å². The summed E-state index contributed by atoms with van der Waals surface area (Å²) < 4.78 is 6.27. The maximum absolute atomic E-state index is 12.2. The van der Waals surface area contributed by atoms with Crippen LogP contribution < -0.4 is 10.1 Å². The number of ether oxygens (including phenoxy) is 1. The van der Waals surface area contributed by atoms with Gasteiger partial charge in [0.2, 0.25) is 5.91 Å². The van der Waals surface area contributed by atoms with Crippen molar-refractivity contribution in [2.45, 2.75) is 12.1 Å². The number of hydrogen-bond acceptors (Lipinski definition) is 6. The van der Waals surface area contributed by atoms with Gasteiger partial charge < -0.3 is 15.0 Å². The molecule has 0 atom stereocenters. The molecule has 2 heterocycles. The van der Waals surface area contributed by atoms with Crippen molar-refractivity contribution in [3.8, 4) is 5.75 Å². The maximum Gasteiger partial charge on any atom is 0.236 e. The summed E-state index contributed by atoms with van der Waals surface area (Å²) in [6.07, 6.45) is 0. The first-order valence-electron chi connectivity index (χ1n) is 7.94. The third kappa shape index (κ3) is 3.51. The van der Waals surface area contributed by atoms with Crippen LogP contribution in [0.1, 0.15) is 5.56 Å². The Morgan fingerprint density at radius 1 is 1.23 bits per heavy atom. The summed E-state index contributed by atoms with van der Waals surface area (Å²) in [6, 6.07) is 11.7. The third-order valence-electron chi connectivity index (χ3n) is 3.80. The number of methoxy groups -OCH3 is 1. The van der Waals surface area contributed by atoms with Crippen LogP contribution in [0, 0.1) is 6.92 Å². The average Bonchev–Trinajstić information content (AvgIpc) is 3.21. The lowest BCUT2D eigenvalue weighted by atomic mass is 10.2. The molecule has 0 fully saturated rings. The molecule has 132 valence electrons. The van der Waals surface area contributed by atoms with E-state index >= 15 is 0 Å². The van der Waals surface area contributed by atoms with Crippen molar-refractivity contribution in [1.82, 2.24) is 15.0 Å². The van der Waals surface area contributed by atoms with Crippen LogP contribution in [0.4, 0.5) is 5.13 Å². The number of amides is 1. The molecule has 26 heavy (non-hydrogen) atoms. The van der Waals surface area contributed by atoms with E-state index in [9.17, 15) is 4.79 Å². The minimum Gasteiger partial charge on any atom is -0.497 e. The number of carbonyl (C=O) groups is 1. The Kier molecular flexibility index (Phi) is 4.52. The average molecular weight is 384 g/mol. The zero-order valence-electron chi connectivity index (χ0n) is 14.2. The molecular weight excluding hydrogens is 368 g/mol. The molecule has 1 amide bonds. The Morgan fingerprint density at radius 3 is 2.92 bits per heavy atom. The number of carbonyl (C=O) groups excluding carboxylic acids is 1. The second kappa shape index (κ2) is 6.97. The topological polar surface area (TPSA) is 79.9 Å². The van der Waals surface area contributed by atoms with Crippen molar-refractivity contribution < 1.29 is 9.53 Å². The summed E-state index contributed by atoms with van der Waals surface area (Å²) in [5.41, 5.74) is 3.80. The molecule has 2 aromatic carbocycles. The highest BCUT2D eigenvalue weighted by Crippen LogP contribution is 2.27. The standard InChI is InChI=1S/C18H16N4O2S2/c1-10-3-5-13-15(7-10)26-18(20-13)22-16(23)9-25-17-19-12-6-4-11(24-2)8-14(12)21-17/h3-8H,9H2,1-2H3,(H,19,21)(H,20,22,23). The second-order valence-corrected chi connectivity index (χ2v) is 7.75. The molecule has 0 bridgehead atoms. The van der Waals surface area contributed by atoms with Gasteiger partial charge in [0.25, 0.3) is 0 Å². The predicted octanol–water partition coefficient (Wildman–Crippen LogP) is 4.22. The number of thioether (sulfide) groups is 1.